The summed E-state index contributed by atoms with van der Waals surface area (Å²) in [5.41, 5.74) is 4.14. The van der Waals surface area contributed by atoms with E-state index in [2.05, 4.69) is 10.5 Å². The molecule has 70 valence electrons. The van der Waals surface area contributed by atoms with Crippen molar-refractivity contribution in [2.24, 2.45) is 11.0 Å². The number of hydrazone groups is 1. The Labute approximate surface area is 78.2 Å². The van der Waals surface area contributed by atoms with Gasteiger partial charge in [0.2, 0.25) is 0 Å². The van der Waals surface area contributed by atoms with Crippen LogP contribution < -0.4 is 5.43 Å². The first-order valence-corrected chi connectivity index (χ1v) is 4.62. The number of nitrogens with zero attached hydrogens (tertiary/aromatic N) is 1. The molecule has 0 amide bonds. The second-order valence-electron chi connectivity index (χ2n) is 3.62. The molecular weight excluding hydrogens is 164 g/mol. The van der Waals surface area contributed by atoms with Gasteiger partial charge in [-0.1, -0.05) is 0 Å². The lowest BCUT2D eigenvalue weighted by Crippen LogP contribution is -2.14. The summed E-state index contributed by atoms with van der Waals surface area (Å²) < 4.78 is 5.63. The van der Waals surface area contributed by atoms with Crippen molar-refractivity contribution in [1.82, 2.24) is 5.43 Å². The van der Waals surface area contributed by atoms with Crippen molar-refractivity contribution in [2.75, 3.05) is 0 Å². The van der Waals surface area contributed by atoms with Gasteiger partial charge in [-0.25, -0.2) is 0 Å². The van der Waals surface area contributed by atoms with E-state index in [-0.39, 0.29) is 6.10 Å². The summed E-state index contributed by atoms with van der Waals surface area (Å²) in [6.07, 6.45) is 7.18. The zero-order valence-electron chi connectivity index (χ0n) is 7.95. The van der Waals surface area contributed by atoms with Gasteiger partial charge in [-0.15, -0.1) is 0 Å². The zero-order valence-corrected chi connectivity index (χ0v) is 7.95. The number of nitrogens with one attached hydrogen (secondary N) is 1. The lowest BCUT2D eigenvalue weighted by Gasteiger charge is -2.19. The van der Waals surface area contributed by atoms with Gasteiger partial charge in [0.25, 0.3) is 0 Å². The average Bonchev–Trinajstić information content (AvgIpc) is 2.49. The van der Waals surface area contributed by atoms with E-state index in [1.165, 1.54) is 5.70 Å². The molecule has 3 nitrogen and oxygen atoms in total. The molecule has 0 saturated carbocycles. The molecule has 2 rings (SSSR count). The molecule has 0 aromatic rings. The molecule has 0 aromatic heterocycles. The molecule has 1 unspecified atom stereocenters. The minimum Gasteiger partial charge on any atom is -0.495 e. The lowest BCUT2D eigenvalue weighted by molar-refractivity contribution is 0.136. The average molecular weight is 178 g/mol. The minimum absolute atomic E-state index is 0.257. The largest absolute Gasteiger partial charge is 0.495 e. The Bertz CT molecular complexity index is 289. The smallest absolute Gasteiger partial charge is 0.0974 e. The van der Waals surface area contributed by atoms with E-state index < -0.39 is 0 Å². The number of hydrogen-bond acceptors (Lipinski definition) is 3. The molecule has 1 aliphatic heterocycles. The minimum atomic E-state index is 0.257. The van der Waals surface area contributed by atoms with Crippen LogP contribution in [0.1, 0.15) is 20.3 Å². The fraction of sp³-hybridized carbons (Fsp3) is 0.500. The molecule has 1 N–H and O–H groups in total. The molecule has 13 heavy (non-hydrogen) atoms. The van der Waals surface area contributed by atoms with Gasteiger partial charge in [-0.05, 0) is 26.0 Å². The molecule has 0 bridgehead atoms. The van der Waals surface area contributed by atoms with Crippen LogP contribution in [0.3, 0.4) is 0 Å². The summed E-state index contributed by atoms with van der Waals surface area (Å²) in [5.74, 6) is 1.46. The first-order valence-electron chi connectivity index (χ1n) is 4.62. The van der Waals surface area contributed by atoms with Gasteiger partial charge < -0.3 is 4.74 Å². The van der Waals surface area contributed by atoms with E-state index in [1.807, 2.05) is 32.2 Å². The van der Waals surface area contributed by atoms with Gasteiger partial charge in [-0.2, -0.15) is 5.10 Å². The van der Waals surface area contributed by atoms with Crippen LogP contribution >= 0.6 is 0 Å². The Kier molecular flexibility index (Phi) is 2.08. The third-order valence-corrected chi connectivity index (χ3v) is 2.10. The highest BCUT2D eigenvalue weighted by Crippen LogP contribution is 2.26. The topological polar surface area (TPSA) is 33.6 Å². The highest BCUT2D eigenvalue weighted by atomic mass is 16.5. The predicted octanol–water partition coefficient (Wildman–Crippen LogP) is 1.79. The van der Waals surface area contributed by atoms with Crippen molar-refractivity contribution in [3.05, 3.63) is 23.6 Å². The van der Waals surface area contributed by atoms with Gasteiger partial charge in [-0.3, -0.25) is 5.43 Å². The molecule has 0 fully saturated rings. The maximum atomic E-state index is 5.63. The Morgan fingerprint density at radius 3 is 3.15 bits per heavy atom. The predicted molar refractivity (Wildman–Crippen MR) is 52.1 cm³/mol. The van der Waals surface area contributed by atoms with Gasteiger partial charge in [0, 0.05) is 24.3 Å². The maximum absolute atomic E-state index is 5.63. The molecule has 0 saturated heterocycles. The van der Waals surface area contributed by atoms with Gasteiger partial charge in [0.05, 0.1) is 11.9 Å². The number of ether oxygens (including phenoxy) is 1. The third kappa shape index (κ3) is 1.74. The number of allylic oxidation sites excluding steroid dienone is 4. The molecule has 0 radical (unpaired) electrons. The van der Waals surface area contributed by atoms with Gasteiger partial charge in [0.1, 0.15) is 0 Å². The summed E-state index contributed by atoms with van der Waals surface area (Å²) in [4.78, 5) is 0. The Hall–Kier alpha value is -1.25. The van der Waals surface area contributed by atoms with Gasteiger partial charge in [0.15, 0.2) is 0 Å². The van der Waals surface area contributed by atoms with Crippen LogP contribution in [0.25, 0.3) is 0 Å². The third-order valence-electron chi connectivity index (χ3n) is 2.10. The summed E-state index contributed by atoms with van der Waals surface area (Å²) in [5, 5.41) is 4.01. The molecule has 1 atom stereocenters. The van der Waals surface area contributed by atoms with E-state index in [9.17, 15) is 0 Å². The van der Waals surface area contributed by atoms with E-state index in [4.69, 9.17) is 4.74 Å². The van der Waals surface area contributed by atoms with Crippen LogP contribution in [0.5, 0.6) is 0 Å². The molecule has 1 aliphatic carbocycles. The standard InChI is InChI=1S/C10H14N2O/c1-7(2)13-9-3-4-10-8(5-9)6-11-12-10/h3-4,6-8,12H,5H2,1-2H3. The first kappa shape index (κ1) is 8.35. The van der Waals surface area contributed by atoms with E-state index in [0.717, 1.165) is 12.2 Å². The highest BCUT2D eigenvalue weighted by Gasteiger charge is 2.22. The van der Waals surface area contributed by atoms with E-state index >= 15 is 0 Å². The van der Waals surface area contributed by atoms with Crippen molar-refractivity contribution in [3.8, 4) is 0 Å². The fourth-order valence-corrected chi connectivity index (χ4v) is 1.55. The van der Waals surface area contributed by atoms with Crippen LogP contribution in [0.2, 0.25) is 0 Å². The summed E-state index contributed by atoms with van der Waals surface area (Å²) in [6, 6.07) is 0. The quantitative estimate of drug-likeness (QED) is 0.699. The van der Waals surface area contributed by atoms with Crippen molar-refractivity contribution in [2.45, 2.75) is 26.4 Å². The summed E-state index contributed by atoms with van der Waals surface area (Å²) in [7, 11) is 0. The second-order valence-corrected chi connectivity index (χ2v) is 3.62. The number of rotatable bonds is 2. The van der Waals surface area contributed by atoms with Crippen molar-refractivity contribution in [3.63, 3.8) is 0 Å². The zero-order chi connectivity index (χ0) is 9.26. The molecule has 1 heterocycles. The van der Waals surface area contributed by atoms with Crippen LogP contribution in [-0.4, -0.2) is 12.3 Å². The Balaban J connectivity index is 2.05. The SMILES string of the molecule is CC(C)OC1=CC=C2NN=CC2C1. The van der Waals surface area contributed by atoms with Crippen molar-refractivity contribution < 1.29 is 4.74 Å². The van der Waals surface area contributed by atoms with E-state index in [0.29, 0.717) is 5.92 Å². The lowest BCUT2D eigenvalue weighted by atomic mass is 9.98. The van der Waals surface area contributed by atoms with Crippen LogP contribution in [0, 0.1) is 5.92 Å². The number of fused-ring (bicyclic) bond motifs is 1. The normalized spacial score (nSPS) is 25.0. The summed E-state index contributed by atoms with van der Waals surface area (Å²) >= 11 is 0. The maximum Gasteiger partial charge on any atom is 0.0974 e. The van der Waals surface area contributed by atoms with Crippen LogP contribution in [-0.2, 0) is 4.74 Å². The van der Waals surface area contributed by atoms with Crippen LogP contribution in [0.15, 0.2) is 28.7 Å². The van der Waals surface area contributed by atoms with Gasteiger partial charge >= 0.3 is 0 Å². The van der Waals surface area contributed by atoms with Crippen molar-refractivity contribution in [1.29, 1.82) is 0 Å². The highest BCUT2D eigenvalue weighted by molar-refractivity contribution is 5.68. The van der Waals surface area contributed by atoms with E-state index in [1.54, 1.807) is 0 Å². The summed E-state index contributed by atoms with van der Waals surface area (Å²) in [6.45, 7) is 4.09. The Morgan fingerprint density at radius 1 is 1.54 bits per heavy atom. The molecular formula is C10H14N2O. The second kappa shape index (κ2) is 3.24. The first-order chi connectivity index (χ1) is 6.25. The molecule has 0 aromatic carbocycles. The molecule has 2 aliphatic rings. The van der Waals surface area contributed by atoms with Crippen LogP contribution in [0.4, 0.5) is 0 Å². The monoisotopic (exact) mass is 178 g/mol. The molecule has 0 spiro atoms. The van der Waals surface area contributed by atoms with Crippen molar-refractivity contribution >= 4 is 6.21 Å². The molecule has 3 heteroatoms. The number of hydrogen-bond donors (Lipinski definition) is 1. The fourth-order valence-electron chi connectivity index (χ4n) is 1.55. The Morgan fingerprint density at radius 2 is 2.38 bits per heavy atom.